The molecule has 98 valence electrons. The lowest BCUT2D eigenvalue weighted by Gasteiger charge is -2.35. The van der Waals surface area contributed by atoms with Gasteiger partial charge in [0.1, 0.15) is 5.54 Å². The Labute approximate surface area is 101 Å². The Morgan fingerprint density at radius 2 is 2.00 bits per heavy atom. The Balaban J connectivity index is 2.66. The zero-order chi connectivity index (χ0) is 12.9. The zero-order valence-corrected chi connectivity index (χ0v) is 10.4. The van der Waals surface area contributed by atoms with Crippen molar-refractivity contribution < 1.29 is 19.4 Å². The maximum absolute atomic E-state index is 11.8. The van der Waals surface area contributed by atoms with Crippen LogP contribution in [0.3, 0.4) is 0 Å². The number of hydrogen-bond acceptors (Lipinski definition) is 3. The number of nitrogens with zero attached hydrogens (tertiary/aromatic N) is 1. The first-order valence-corrected chi connectivity index (χ1v) is 5.86. The summed E-state index contributed by atoms with van der Waals surface area (Å²) in [7, 11) is 1.66. The van der Waals surface area contributed by atoms with Gasteiger partial charge in [-0.05, 0) is 6.42 Å². The minimum Gasteiger partial charge on any atom is -0.480 e. The van der Waals surface area contributed by atoms with Gasteiger partial charge in [-0.25, -0.2) is 9.59 Å². The van der Waals surface area contributed by atoms with E-state index in [1.54, 1.807) is 7.05 Å². The van der Waals surface area contributed by atoms with E-state index in [1.165, 1.54) is 4.90 Å². The predicted molar refractivity (Wildman–Crippen MR) is 61.9 cm³/mol. The summed E-state index contributed by atoms with van der Waals surface area (Å²) in [6, 6.07) is -0.337. The number of nitrogens with one attached hydrogen (secondary N) is 1. The molecule has 0 aromatic rings. The molecule has 2 amide bonds. The average molecular weight is 244 g/mol. The minimum atomic E-state index is -1.17. The topological polar surface area (TPSA) is 78.9 Å². The molecular weight excluding hydrogens is 224 g/mol. The van der Waals surface area contributed by atoms with E-state index >= 15 is 0 Å². The Morgan fingerprint density at radius 1 is 1.41 bits per heavy atom. The van der Waals surface area contributed by atoms with Gasteiger partial charge >= 0.3 is 12.0 Å². The van der Waals surface area contributed by atoms with Crippen molar-refractivity contribution in [2.24, 2.45) is 0 Å². The van der Waals surface area contributed by atoms with Crippen molar-refractivity contribution in [3.05, 3.63) is 0 Å². The van der Waals surface area contributed by atoms with Gasteiger partial charge in [0.25, 0.3) is 0 Å². The minimum absolute atomic E-state index is 0.314. The van der Waals surface area contributed by atoms with E-state index in [-0.39, 0.29) is 6.03 Å². The van der Waals surface area contributed by atoms with Crippen LogP contribution in [-0.4, -0.2) is 54.4 Å². The van der Waals surface area contributed by atoms with Crippen molar-refractivity contribution >= 4 is 12.0 Å². The summed E-state index contributed by atoms with van der Waals surface area (Å²) < 4.78 is 5.14. The number of hydrogen-bond donors (Lipinski definition) is 2. The lowest BCUT2D eigenvalue weighted by molar-refractivity contribution is -0.148. The van der Waals surface area contributed by atoms with Gasteiger partial charge in [-0.3, -0.25) is 0 Å². The fraction of sp³-hybridized carbons (Fsp3) is 0.818. The number of carbonyl (C=O) groups excluding carboxylic acids is 1. The molecule has 0 aromatic carbocycles. The maximum Gasteiger partial charge on any atom is 0.329 e. The third-order valence-corrected chi connectivity index (χ3v) is 3.01. The standard InChI is InChI=1S/C11H20N2O4/c1-3-6-13(2)10(16)12-11(9(14)15)4-7-17-8-5-11/h3-8H2,1-2H3,(H,12,16)(H,14,15). The van der Waals surface area contributed by atoms with Crippen molar-refractivity contribution in [3.8, 4) is 0 Å². The molecule has 1 aliphatic heterocycles. The number of ether oxygens (including phenoxy) is 1. The average Bonchev–Trinajstić information content (AvgIpc) is 2.30. The van der Waals surface area contributed by atoms with Crippen LogP contribution in [0.5, 0.6) is 0 Å². The molecule has 2 N–H and O–H groups in total. The van der Waals surface area contributed by atoms with E-state index in [2.05, 4.69) is 5.32 Å². The summed E-state index contributed by atoms with van der Waals surface area (Å²) in [6.07, 6.45) is 1.47. The van der Waals surface area contributed by atoms with Gasteiger partial charge in [0.2, 0.25) is 0 Å². The molecule has 1 heterocycles. The predicted octanol–water partition coefficient (Wildman–Crippen LogP) is 0.672. The van der Waals surface area contributed by atoms with Crippen molar-refractivity contribution in [1.82, 2.24) is 10.2 Å². The Bertz CT molecular complexity index is 287. The van der Waals surface area contributed by atoms with Crippen molar-refractivity contribution in [1.29, 1.82) is 0 Å². The Kier molecular flexibility index (Phi) is 4.74. The summed E-state index contributed by atoms with van der Waals surface area (Å²) in [6.45, 7) is 3.30. The fourth-order valence-corrected chi connectivity index (χ4v) is 1.85. The zero-order valence-electron chi connectivity index (χ0n) is 10.4. The number of rotatable bonds is 4. The molecule has 0 bridgehead atoms. The summed E-state index contributed by atoms with van der Waals surface area (Å²) in [5.41, 5.74) is -1.17. The molecule has 0 atom stereocenters. The Hall–Kier alpha value is -1.30. The lowest BCUT2D eigenvalue weighted by Crippen LogP contribution is -2.59. The maximum atomic E-state index is 11.8. The first-order valence-electron chi connectivity index (χ1n) is 5.86. The molecule has 1 saturated heterocycles. The van der Waals surface area contributed by atoms with Gasteiger partial charge in [-0.15, -0.1) is 0 Å². The normalized spacial score (nSPS) is 18.5. The number of carboxylic acid groups (broad SMARTS) is 1. The van der Waals surface area contributed by atoms with Crippen LogP contribution in [0.4, 0.5) is 4.79 Å². The highest BCUT2D eigenvalue weighted by molar-refractivity contribution is 5.86. The van der Waals surface area contributed by atoms with Crippen LogP contribution in [0, 0.1) is 0 Å². The lowest BCUT2D eigenvalue weighted by atomic mass is 9.90. The Morgan fingerprint density at radius 3 is 2.47 bits per heavy atom. The molecule has 6 heteroatoms. The molecule has 0 unspecified atom stereocenters. The van der Waals surface area contributed by atoms with E-state index in [9.17, 15) is 14.7 Å². The van der Waals surface area contributed by atoms with E-state index in [1.807, 2.05) is 6.92 Å². The molecule has 17 heavy (non-hydrogen) atoms. The van der Waals surface area contributed by atoms with Gasteiger partial charge in [-0.1, -0.05) is 6.92 Å². The van der Waals surface area contributed by atoms with Crippen molar-refractivity contribution in [2.45, 2.75) is 31.7 Å². The molecule has 0 aromatic heterocycles. The third kappa shape index (κ3) is 3.33. The fourth-order valence-electron chi connectivity index (χ4n) is 1.85. The van der Waals surface area contributed by atoms with E-state index in [0.29, 0.717) is 32.6 Å². The van der Waals surface area contributed by atoms with Crippen LogP contribution in [-0.2, 0) is 9.53 Å². The van der Waals surface area contributed by atoms with E-state index in [0.717, 1.165) is 6.42 Å². The highest BCUT2D eigenvalue weighted by Crippen LogP contribution is 2.21. The van der Waals surface area contributed by atoms with Gasteiger partial charge in [0.15, 0.2) is 0 Å². The molecule has 0 spiro atoms. The number of carbonyl (C=O) groups is 2. The van der Waals surface area contributed by atoms with Crippen molar-refractivity contribution in [2.75, 3.05) is 26.8 Å². The van der Waals surface area contributed by atoms with Crippen LogP contribution in [0.15, 0.2) is 0 Å². The van der Waals surface area contributed by atoms with Crippen LogP contribution < -0.4 is 5.32 Å². The van der Waals surface area contributed by atoms with Gasteiger partial charge in [-0.2, -0.15) is 0 Å². The van der Waals surface area contributed by atoms with Crippen LogP contribution in [0.1, 0.15) is 26.2 Å². The van der Waals surface area contributed by atoms with Crippen molar-refractivity contribution in [3.63, 3.8) is 0 Å². The number of aliphatic carboxylic acids is 1. The summed E-state index contributed by atoms with van der Waals surface area (Å²) in [5, 5.41) is 11.9. The highest BCUT2D eigenvalue weighted by atomic mass is 16.5. The molecule has 0 saturated carbocycles. The summed E-state index contributed by atoms with van der Waals surface area (Å²) in [5.74, 6) is -0.987. The molecular formula is C11H20N2O4. The first-order chi connectivity index (χ1) is 8.02. The molecule has 0 aliphatic carbocycles. The summed E-state index contributed by atoms with van der Waals surface area (Å²) in [4.78, 5) is 24.6. The van der Waals surface area contributed by atoms with E-state index < -0.39 is 11.5 Å². The smallest absolute Gasteiger partial charge is 0.329 e. The second-order valence-electron chi connectivity index (χ2n) is 4.35. The SMILES string of the molecule is CCCN(C)C(=O)NC1(C(=O)O)CCOCC1. The van der Waals surface area contributed by atoms with Crippen LogP contribution in [0.2, 0.25) is 0 Å². The van der Waals surface area contributed by atoms with E-state index in [4.69, 9.17) is 4.74 Å². The highest BCUT2D eigenvalue weighted by Gasteiger charge is 2.42. The number of amides is 2. The molecule has 1 fully saturated rings. The van der Waals surface area contributed by atoms with Gasteiger partial charge < -0.3 is 20.1 Å². The number of urea groups is 1. The van der Waals surface area contributed by atoms with Crippen LogP contribution in [0.25, 0.3) is 0 Å². The quantitative estimate of drug-likeness (QED) is 0.762. The van der Waals surface area contributed by atoms with Gasteiger partial charge in [0.05, 0.1) is 0 Å². The molecule has 1 aliphatic rings. The second-order valence-corrected chi connectivity index (χ2v) is 4.35. The first kappa shape index (κ1) is 13.8. The number of carboxylic acids is 1. The molecule has 0 radical (unpaired) electrons. The second kappa shape index (κ2) is 5.86. The van der Waals surface area contributed by atoms with Gasteiger partial charge in [0, 0.05) is 39.6 Å². The summed E-state index contributed by atoms with van der Waals surface area (Å²) >= 11 is 0. The van der Waals surface area contributed by atoms with Crippen LogP contribution >= 0.6 is 0 Å². The largest absolute Gasteiger partial charge is 0.480 e. The molecule has 1 rings (SSSR count). The third-order valence-electron chi connectivity index (χ3n) is 3.01. The monoisotopic (exact) mass is 244 g/mol. The molecule has 6 nitrogen and oxygen atoms in total.